The molecule has 2 heteroatoms. The fourth-order valence-electron chi connectivity index (χ4n) is 4.14. The van der Waals surface area contributed by atoms with Crippen LogP contribution in [0.5, 0.6) is 0 Å². The van der Waals surface area contributed by atoms with E-state index in [0.29, 0.717) is 6.04 Å². The Morgan fingerprint density at radius 3 is 2.65 bits per heavy atom. The highest BCUT2D eigenvalue weighted by Crippen LogP contribution is 2.34. The van der Waals surface area contributed by atoms with Crippen LogP contribution in [0.25, 0.3) is 0 Å². The Hall–Kier alpha value is -2.48. The van der Waals surface area contributed by atoms with E-state index in [1.54, 1.807) is 0 Å². The summed E-state index contributed by atoms with van der Waals surface area (Å²) in [6, 6.07) is 0.298. The molecule has 0 amide bonds. The van der Waals surface area contributed by atoms with Gasteiger partial charge in [-0.2, -0.15) is 0 Å². The van der Waals surface area contributed by atoms with Crippen molar-refractivity contribution in [1.29, 1.82) is 0 Å². The van der Waals surface area contributed by atoms with E-state index in [-0.39, 0.29) is 5.41 Å². The normalized spacial score (nSPS) is 24.9. The maximum Gasteiger partial charge on any atom is 0.0406 e. The predicted octanol–water partition coefficient (Wildman–Crippen LogP) is 7.44. The van der Waals surface area contributed by atoms with Crippen LogP contribution >= 0.6 is 0 Å². The molecule has 0 aromatic heterocycles. The SMILES string of the molecule is C=C(/C=C\CC)/C1=C/NC(C(C)(C)C)CC(/C(NC)=C2\C=CC=C(CCC)C2)=C\C1=C. The van der Waals surface area contributed by atoms with Crippen LogP contribution < -0.4 is 10.6 Å². The summed E-state index contributed by atoms with van der Waals surface area (Å²) in [7, 11) is 2.04. The molecule has 2 rings (SSSR count). The predicted molar refractivity (Wildman–Crippen MR) is 138 cm³/mol. The van der Waals surface area contributed by atoms with E-state index in [1.165, 1.54) is 28.8 Å². The molecule has 1 aliphatic heterocycles. The molecule has 1 atom stereocenters. The standard InChI is InChI=1S/C29H42N2/c1-9-11-14-21(3)26-20-31-27(29(5,6)7)19-25(17-22(26)4)28(30-8)24-16-12-15-23(18-24)13-10-2/h11-12,14-17,20,27,30-31H,3-4,9-10,13,18-19H2,1-2,5-8H3/b14-11-,25-17+,26-20-,28-24-. The van der Waals surface area contributed by atoms with Gasteiger partial charge in [-0.25, -0.2) is 0 Å². The van der Waals surface area contributed by atoms with Crippen molar-refractivity contribution in [2.45, 2.75) is 72.8 Å². The lowest BCUT2D eigenvalue weighted by molar-refractivity contribution is 0.286. The van der Waals surface area contributed by atoms with Crippen LogP contribution in [0.3, 0.4) is 0 Å². The molecule has 0 radical (unpaired) electrons. The zero-order valence-electron chi connectivity index (χ0n) is 20.6. The number of allylic oxidation sites excluding steroid dienone is 12. The smallest absolute Gasteiger partial charge is 0.0406 e. The van der Waals surface area contributed by atoms with E-state index in [2.05, 4.69) is 101 Å². The van der Waals surface area contributed by atoms with Crippen molar-refractivity contribution in [1.82, 2.24) is 10.6 Å². The van der Waals surface area contributed by atoms with Crippen LogP contribution in [0.1, 0.15) is 66.7 Å². The Bertz CT molecular complexity index is 863. The van der Waals surface area contributed by atoms with Crippen LogP contribution in [0.15, 0.2) is 94.9 Å². The van der Waals surface area contributed by atoms with Gasteiger partial charge < -0.3 is 10.6 Å². The van der Waals surface area contributed by atoms with Gasteiger partial charge in [0.25, 0.3) is 0 Å². The van der Waals surface area contributed by atoms with Crippen molar-refractivity contribution in [2.75, 3.05) is 7.05 Å². The minimum atomic E-state index is 0.110. The first-order valence-electron chi connectivity index (χ1n) is 11.7. The molecule has 1 aliphatic carbocycles. The van der Waals surface area contributed by atoms with Crippen molar-refractivity contribution in [2.24, 2.45) is 5.41 Å². The molecule has 0 saturated carbocycles. The van der Waals surface area contributed by atoms with Gasteiger partial charge in [0.05, 0.1) is 0 Å². The van der Waals surface area contributed by atoms with E-state index in [1.807, 2.05) is 7.05 Å². The zero-order valence-corrected chi connectivity index (χ0v) is 20.6. The summed E-state index contributed by atoms with van der Waals surface area (Å²) in [6.45, 7) is 20.0. The van der Waals surface area contributed by atoms with E-state index >= 15 is 0 Å². The number of nitrogens with one attached hydrogen (secondary N) is 2. The van der Waals surface area contributed by atoms with Gasteiger partial charge >= 0.3 is 0 Å². The van der Waals surface area contributed by atoms with Gasteiger partial charge in [0.2, 0.25) is 0 Å². The number of hydrogen-bond acceptors (Lipinski definition) is 2. The Morgan fingerprint density at radius 1 is 1.29 bits per heavy atom. The van der Waals surface area contributed by atoms with Crippen LogP contribution in [-0.4, -0.2) is 13.1 Å². The first-order chi connectivity index (χ1) is 14.7. The van der Waals surface area contributed by atoms with Gasteiger partial charge in [-0.05, 0) is 59.5 Å². The lowest BCUT2D eigenvalue weighted by atomic mass is 9.80. The second kappa shape index (κ2) is 11.2. The topological polar surface area (TPSA) is 24.1 Å². The molecule has 0 spiro atoms. The zero-order chi connectivity index (χ0) is 23.0. The number of hydrogen-bond donors (Lipinski definition) is 2. The minimum absolute atomic E-state index is 0.110. The third-order valence-corrected chi connectivity index (χ3v) is 6.00. The van der Waals surface area contributed by atoms with Crippen molar-refractivity contribution in [3.05, 3.63) is 94.9 Å². The van der Waals surface area contributed by atoms with Crippen LogP contribution in [-0.2, 0) is 0 Å². The summed E-state index contributed by atoms with van der Waals surface area (Å²) < 4.78 is 0. The van der Waals surface area contributed by atoms with Gasteiger partial charge in [0.15, 0.2) is 0 Å². The lowest BCUT2D eigenvalue weighted by Crippen LogP contribution is -2.39. The van der Waals surface area contributed by atoms with Crippen LogP contribution in [0, 0.1) is 5.41 Å². The quantitative estimate of drug-likeness (QED) is 0.420. The molecular formula is C29H42N2. The van der Waals surface area contributed by atoms with E-state index < -0.39 is 0 Å². The first-order valence-corrected chi connectivity index (χ1v) is 11.7. The summed E-state index contributed by atoms with van der Waals surface area (Å²) in [6.07, 6.45) is 20.6. The average molecular weight is 419 g/mol. The molecule has 1 heterocycles. The molecular weight excluding hydrogens is 376 g/mol. The van der Waals surface area contributed by atoms with Gasteiger partial charge in [0, 0.05) is 30.6 Å². The minimum Gasteiger partial charge on any atom is -0.388 e. The van der Waals surface area contributed by atoms with Crippen molar-refractivity contribution < 1.29 is 0 Å². The summed E-state index contributed by atoms with van der Waals surface area (Å²) in [5, 5.41) is 7.23. The second-order valence-electron chi connectivity index (χ2n) is 9.64. The van der Waals surface area contributed by atoms with Crippen LogP contribution in [0.2, 0.25) is 0 Å². The first kappa shape index (κ1) is 24.8. The molecule has 2 aliphatic rings. The van der Waals surface area contributed by atoms with E-state index in [0.717, 1.165) is 42.4 Å². The molecule has 168 valence electrons. The molecule has 0 bridgehead atoms. The highest BCUT2D eigenvalue weighted by molar-refractivity contribution is 5.57. The molecule has 31 heavy (non-hydrogen) atoms. The van der Waals surface area contributed by atoms with Crippen molar-refractivity contribution >= 4 is 0 Å². The lowest BCUT2D eigenvalue weighted by Gasteiger charge is -2.34. The third kappa shape index (κ3) is 6.75. The fraction of sp³-hybridized carbons (Fsp3) is 0.448. The average Bonchev–Trinajstić information content (AvgIpc) is 2.70. The maximum absolute atomic E-state index is 4.41. The summed E-state index contributed by atoms with van der Waals surface area (Å²) in [5.74, 6) is 0. The van der Waals surface area contributed by atoms with Gasteiger partial charge in [0.1, 0.15) is 0 Å². The Morgan fingerprint density at radius 2 is 2.03 bits per heavy atom. The third-order valence-electron chi connectivity index (χ3n) is 6.00. The summed E-state index contributed by atoms with van der Waals surface area (Å²) in [5.41, 5.74) is 8.56. The van der Waals surface area contributed by atoms with Crippen molar-refractivity contribution in [3.63, 3.8) is 0 Å². The second-order valence-corrected chi connectivity index (χ2v) is 9.64. The molecule has 1 unspecified atom stereocenters. The van der Waals surface area contributed by atoms with E-state index in [9.17, 15) is 0 Å². The highest BCUT2D eigenvalue weighted by Gasteiger charge is 2.28. The number of likely N-dealkylation sites (N-methyl/N-ethyl adjacent to an activating group) is 1. The fourth-order valence-corrected chi connectivity index (χ4v) is 4.14. The van der Waals surface area contributed by atoms with Gasteiger partial charge in [-0.1, -0.05) is 90.2 Å². The molecule has 2 N–H and O–H groups in total. The van der Waals surface area contributed by atoms with E-state index in [4.69, 9.17) is 0 Å². The van der Waals surface area contributed by atoms with Gasteiger partial charge in [-0.15, -0.1) is 0 Å². The molecule has 0 aromatic rings. The number of rotatable bonds is 7. The Balaban J connectivity index is 2.52. The highest BCUT2D eigenvalue weighted by atomic mass is 14.9. The summed E-state index contributed by atoms with van der Waals surface area (Å²) in [4.78, 5) is 0. The molecule has 0 fully saturated rings. The monoisotopic (exact) mass is 418 g/mol. The summed E-state index contributed by atoms with van der Waals surface area (Å²) >= 11 is 0. The largest absolute Gasteiger partial charge is 0.388 e. The Labute approximate surface area is 191 Å². The van der Waals surface area contributed by atoms with Crippen LogP contribution in [0.4, 0.5) is 0 Å². The molecule has 0 saturated heterocycles. The Kier molecular flexibility index (Phi) is 8.98. The van der Waals surface area contributed by atoms with Crippen molar-refractivity contribution in [3.8, 4) is 0 Å². The molecule has 2 nitrogen and oxygen atoms in total. The molecule has 0 aromatic carbocycles. The maximum atomic E-state index is 4.41. The van der Waals surface area contributed by atoms with Gasteiger partial charge in [-0.3, -0.25) is 0 Å².